The van der Waals surface area contributed by atoms with Gasteiger partial charge in [0, 0.05) is 19.3 Å². The summed E-state index contributed by atoms with van der Waals surface area (Å²) in [6, 6.07) is 4.90. The summed E-state index contributed by atoms with van der Waals surface area (Å²) in [6.07, 6.45) is -3.04. The van der Waals surface area contributed by atoms with Crippen LogP contribution in [-0.4, -0.2) is 22.0 Å². The first-order chi connectivity index (χ1) is 9.40. The summed E-state index contributed by atoms with van der Waals surface area (Å²) in [4.78, 5) is 11.0. The number of hydrogen-bond donors (Lipinski definition) is 1. The second-order valence-electron chi connectivity index (χ2n) is 3.56. The summed E-state index contributed by atoms with van der Waals surface area (Å²) in [6.45, 7) is 0. The number of alkyl halides is 3. The highest BCUT2D eigenvalue weighted by Gasteiger charge is 2.35. The van der Waals surface area contributed by atoms with E-state index in [0.717, 1.165) is 11.8 Å². The van der Waals surface area contributed by atoms with Crippen molar-refractivity contribution in [3.63, 3.8) is 0 Å². The van der Waals surface area contributed by atoms with Gasteiger partial charge in [0.05, 0.1) is 4.47 Å². The molecule has 2 aromatic rings. The van der Waals surface area contributed by atoms with E-state index in [1.54, 1.807) is 18.3 Å². The van der Waals surface area contributed by atoms with E-state index < -0.39 is 12.0 Å². The van der Waals surface area contributed by atoms with Crippen LogP contribution in [0.1, 0.15) is 5.82 Å². The van der Waals surface area contributed by atoms with Gasteiger partial charge < -0.3 is 5.32 Å². The molecule has 0 aliphatic carbocycles. The zero-order valence-electron chi connectivity index (χ0n) is 10.1. The third-order valence-corrected chi connectivity index (χ3v) is 3.98. The molecule has 0 amide bonds. The van der Waals surface area contributed by atoms with Crippen molar-refractivity contribution in [2.24, 2.45) is 0 Å². The molecule has 1 N–H and O–H groups in total. The van der Waals surface area contributed by atoms with Crippen LogP contribution in [0.25, 0.3) is 0 Å². The first-order valence-corrected chi connectivity index (χ1v) is 6.93. The van der Waals surface area contributed by atoms with Gasteiger partial charge >= 0.3 is 6.18 Å². The van der Waals surface area contributed by atoms with Gasteiger partial charge in [-0.25, -0.2) is 15.0 Å². The highest BCUT2D eigenvalue weighted by atomic mass is 79.9. The van der Waals surface area contributed by atoms with Crippen molar-refractivity contribution in [1.82, 2.24) is 15.0 Å². The first kappa shape index (κ1) is 15.0. The Morgan fingerprint density at radius 1 is 1.30 bits per heavy atom. The third kappa shape index (κ3) is 3.60. The van der Waals surface area contributed by atoms with Crippen LogP contribution in [0.4, 0.5) is 19.0 Å². The van der Waals surface area contributed by atoms with Crippen LogP contribution in [0.3, 0.4) is 0 Å². The summed E-state index contributed by atoms with van der Waals surface area (Å²) in [5, 5.41) is 3.28. The maximum atomic E-state index is 12.7. The molecule has 0 aromatic carbocycles. The van der Waals surface area contributed by atoms with Crippen molar-refractivity contribution >= 4 is 33.5 Å². The molecule has 106 valence electrons. The number of hydrogen-bond acceptors (Lipinski definition) is 5. The summed E-state index contributed by atoms with van der Waals surface area (Å²) in [5.74, 6) is -1.08. The normalized spacial score (nSPS) is 11.4. The molecule has 0 fully saturated rings. The van der Waals surface area contributed by atoms with Crippen molar-refractivity contribution in [2.45, 2.75) is 16.2 Å². The average molecular weight is 365 g/mol. The highest BCUT2D eigenvalue weighted by molar-refractivity contribution is 9.10. The van der Waals surface area contributed by atoms with Crippen molar-refractivity contribution in [3.05, 3.63) is 34.7 Å². The molecule has 0 aliphatic heterocycles. The number of pyridine rings is 1. The predicted octanol–water partition coefficient (Wildman–Crippen LogP) is 3.85. The molecule has 9 heteroatoms. The monoisotopic (exact) mass is 364 g/mol. The Morgan fingerprint density at radius 2 is 2.05 bits per heavy atom. The molecular formula is C11H8BrF3N4S. The van der Waals surface area contributed by atoms with Gasteiger partial charge in [-0.2, -0.15) is 13.2 Å². The second-order valence-corrected chi connectivity index (χ2v) is 5.42. The second kappa shape index (κ2) is 5.96. The van der Waals surface area contributed by atoms with Gasteiger partial charge in [-0.1, -0.05) is 0 Å². The summed E-state index contributed by atoms with van der Waals surface area (Å²) in [7, 11) is 1.49. The van der Waals surface area contributed by atoms with E-state index in [-0.39, 0.29) is 10.8 Å². The Morgan fingerprint density at radius 3 is 2.65 bits per heavy atom. The Kier molecular flexibility index (Phi) is 4.48. The Bertz CT molecular complexity index is 621. The van der Waals surface area contributed by atoms with Crippen LogP contribution in [0.15, 0.2) is 38.9 Å². The highest BCUT2D eigenvalue weighted by Crippen LogP contribution is 2.34. The zero-order chi connectivity index (χ0) is 14.8. The van der Waals surface area contributed by atoms with Crippen LogP contribution in [-0.2, 0) is 6.18 Å². The van der Waals surface area contributed by atoms with Crippen LogP contribution < -0.4 is 5.32 Å². The summed E-state index contributed by atoms with van der Waals surface area (Å²) >= 11 is 4.31. The smallest absolute Gasteiger partial charge is 0.373 e. The molecule has 0 saturated heterocycles. The van der Waals surface area contributed by atoms with Crippen molar-refractivity contribution in [3.8, 4) is 0 Å². The Balaban J connectivity index is 2.39. The SMILES string of the molecule is CNc1cc(Sc2ncccc2Br)nc(C(F)(F)F)n1. The van der Waals surface area contributed by atoms with Gasteiger partial charge in [-0.3, -0.25) is 0 Å². The molecule has 0 atom stereocenters. The molecule has 2 heterocycles. The van der Waals surface area contributed by atoms with Gasteiger partial charge in [-0.05, 0) is 39.8 Å². The third-order valence-electron chi connectivity index (χ3n) is 2.14. The Labute approximate surface area is 125 Å². The standard InChI is InChI=1S/C11H8BrF3N4S/c1-16-7-5-8(19-10(18-7)11(13,14)15)20-9-6(12)3-2-4-17-9/h2-5H,1H3,(H,16,18,19). The van der Waals surface area contributed by atoms with E-state index in [9.17, 15) is 13.2 Å². The van der Waals surface area contributed by atoms with Crippen LogP contribution in [0.2, 0.25) is 0 Å². The van der Waals surface area contributed by atoms with Crippen molar-refractivity contribution in [2.75, 3.05) is 12.4 Å². The molecule has 0 spiro atoms. The molecule has 2 rings (SSSR count). The number of aromatic nitrogens is 3. The van der Waals surface area contributed by atoms with E-state index >= 15 is 0 Å². The van der Waals surface area contributed by atoms with E-state index in [1.165, 1.54) is 13.1 Å². The Hall–Kier alpha value is -1.35. The molecular weight excluding hydrogens is 357 g/mol. The maximum absolute atomic E-state index is 12.7. The topological polar surface area (TPSA) is 50.7 Å². The lowest BCUT2D eigenvalue weighted by atomic mass is 10.5. The van der Waals surface area contributed by atoms with E-state index in [0.29, 0.717) is 9.50 Å². The van der Waals surface area contributed by atoms with Gasteiger partial charge in [0.15, 0.2) is 0 Å². The average Bonchev–Trinajstić information content (AvgIpc) is 2.40. The van der Waals surface area contributed by atoms with E-state index in [2.05, 4.69) is 36.2 Å². The fourth-order valence-electron chi connectivity index (χ4n) is 1.28. The fraction of sp³-hybridized carbons (Fsp3) is 0.182. The molecule has 0 unspecified atom stereocenters. The molecule has 0 aliphatic rings. The molecule has 20 heavy (non-hydrogen) atoms. The summed E-state index contributed by atoms with van der Waals surface area (Å²) < 4.78 is 38.8. The lowest BCUT2D eigenvalue weighted by Gasteiger charge is -2.09. The quantitative estimate of drug-likeness (QED) is 0.838. The number of halogens is 4. The van der Waals surface area contributed by atoms with Crippen molar-refractivity contribution < 1.29 is 13.2 Å². The number of nitrogens with one attached hydrogen (secondary N) is 1. The van der Waals surface area contributed by atoms with Gasteiger partial charge in [0.1, 0.15) is 15.9 Å². The van der Waals surface area contributed by atoms with E-state index in [4.69, 9.17) is 0 Å². The van der Waals surface area contributed by atoms with Crippen LogP contribution in [0.5, 0.6) is 0 Å². The van der Waals surface area contributed by atoms with E-state index in [1.807, 2.05) is 0 Å². The minimum absolute atomic E-state index is 0.0990. The number of anilines is 1. The van der Waals surface area contributed by atoms with Crippen molar-refractivity contribution in [1.29, 1.82) is 0 Å². The van der Waals surface area contributed by atoms with Gasteiger partial charge in [0.2, 0.25) is 5.82 Å². The first-order valence-electron chi connectivity index (χ1n) is 5.32. The minimum atomic E-state index is -4.59. The minimum Gasteiger partial charge on any atom is -0.373 e. The number of rotatable bonds is 3. The largest absolute Gasteiger partial charge is 0.451 e. The zero-order valence-corrected chi connectivity index (χ0v) is 12.5. The lowest BCUT2D eigenvalue weighted by Crippen LogP contribution is -2.12. The maximum Gasteiger partial charge on any atom is 0.451 e. The molecule has 0 radical (unpaired) electrons. The van der Waals surface area contributed by atoms with Crippen LogP contribution >= 0.6 is 27.7 Å². The molecule has 0 bridgehead atoms. The van der Waals surface area contributed by atoms with Gasteiger partial charge in [0.25, 0.3) is 0 Å². The number of nitrogens with zero attached hydrogens (tertiary/aromatic N) is 3. The summed E-state index contributed by atoms with van der Waals surface area (Å²) in [5.41, 5.74) is 0. The fourth-order valence-corrected chi connectivity index (χ4v) is 2.56. The molecule has 0 saturated carbocycles. The van der Waals surface area contributed by atoms with Gasteiger partial charge in [-0.15, -0.1) is 0 Å². The molecule has 4 nitrogen and oxygen atoms in total. The molecule has 2 aromatic heterocycles. The lowest BCUT2D eigenvalue weighted by molar-refractivity contribution is -0.145. The van der Waals surface area contributed by atoms with Crippen LogP contribution in [0, 0.1) is 0 Å². The predicted molar refractivity (Wildman–Crippen MR) is 72.6 cm³/mol.